The monoisotopic (exact) mass is 225 g/mol. The Morgan fingerprint density at radius 3 is 3.00 bits per heavy atom. The highest BCUT2D eigenvalue weighted by atomic mass is 32.2. The van der Waals surface area contributed by atoms with Gasteiger partial charge in [0.15, 0.2) is 0 Å². The maximum Gasteiger partial charge on any atom is 0.0951 e. The highest BCUT2D eigenvalue weighted by Gasteiger charge is 2.26. The molecular formula is C11H19N3S. The first kappa shape index (κ1) is 11.0. The second-order valence-corrected chi connectivity index (χ2v) is 5.48. The predicted octanol–water partition coefficient (Wildman–Crippen LogP) is 2.36. The van der Waals surface area contributed by atoms with Gasteiger partial charge in [0, 0.05) is 23.5 Å². The number of hydrogen-bond acceptors (Lipinski definition) is 3. The molecule has 1 aliphatic rings. The molecular weight excluding hydrogens is 206 g/mol. The second kappa shape index (κ2) is 4.58. The third kappa shape index (κ3) is 2.21. The number of nitrogens with two attached hydrogens (primary N) is 1. The van der Waals surface area contributed by atoms with Gasteiger partial charge < -0.3 is 10.3 Å². The van der Waals surface area contributed by atoms with Crippen molar-refractivity contribution < 1.29 is 0 Å². The number of hydrogen-bond donors (Lipinski definition) is 1. The fourth-order valence-electron chi connectivity index (χ4n) is 2.36. The van der Waals surface area contributed by atoms with Crippen LogP contribution in [-0.4, -0.2) is 21.1 Å². The molecule has 1 aromatic heterocycles. The van der Waals surface area contributed by atoms with E-state index in [-0.39, 0.29) is 6.04 Å². The predicted molar refractivity (Wildman–Crippen MR) is 65.0 cm³/mol. The first-order chi connectivity index (χ1) is 7.22. The molecule has 4 heteroatoms. The number of thioether (sulfide) groups is 1. The van der Waals surface area contributed by atoms with Crippen LogP contribution < -0.4 is 5.73 Å². The van der Waals surface area contributed by atoms with E-state index < -0.39 is 0 Å². The summed E-state index contributed by atoms with van der Waals surface area (Å²) in [7, 11) is 0. The first-order valence-corrected chi connectivity index (χ1v) is 6.81. The Balaban J connectivity index is 2.13. The Morgan fingerprint density at radius 1 is 1.60 bits per heavy atom. The quantitative estimate of drug-likeness (QED) is 0.859. The van der Waals surface area contributed by atoms with Crippen LogP contribution in [0.1, 0.15) is 44.0 Å². The standard InChI is InChI=1S/C11H19N3S/c1-8(12)11-6-13-7-14(11)9-3-4-10(5-9)15-2/h6-10H,3-5,12H2,1-2H3. The van der Waals surface area contributed by atoms with Gasteiger partial charge >= 0.3 is 0 Å². The van der Waals surface area contributed by atoms with Crippen molar-refractivity contribution in [3.05, 3.63) is 18.2 Å². The van der Waals surface area contributed by atoms with Gasteiger partial charge in [0.2, 0.25) is 0 Å². The smallest absolute Gasteiger partial charge is 0.0951 e. The molecule has 3 unspecified atom stereocenters. The van der Waals surface area contributed by atoms with Crippen LogP contribution in [0.3, 0.4) is 0 Å². The fraction of sp³-hybridized carbons (Fsp3) is 0.727. The van der Waals surface area contributed by atoms with Crippen LogP contribution >= 0.6 is 11.8 Å². The molecule has 1 fully saturated rings. The van der Waals surface area contributed by atoms with Crippen molar-refractivity contribution in [2.45, 2.75) is 43.5 Å². The van der Waals surface area contributed by atoms with E-state index in [9.17, 15) is 0 Å². The fourth-order valence-corrected chi connectivity index (χ4v) is 3.14. The summed E-state index contributed by atoms with van der Waals surface area (Å²) in [6.07, 6.45) is 9.89. The zero-order chi connectivity index (χ0) is 10.8. The summed E-state index contributed by atoms with van der Waals surface area (Å²) < 4.78 is 2.28. The summed E-state index contributed by atoms with van der Waals surface area (Å²) in [4.78, 5) is 4.21. The van der Waals surface area contributed by atoms with Crippen molar-refractivity contribution in [1.29, 1.82) is 0 Å². The molecule has 2 N–H and O–H groups in total. The van der Waals surface area contributed by atoms with Gasteiger partial charge in [0.05, 0.1) is 12.0 Å². The molecule has 1 saturated carbocycles. The Morgan fingerprint density at radius 2 is 2.40 bits per heavy atom. The van der Waals surface area contributed by atoms with Crippen LogP contribution in [-0.2, 0) is 0 Å². The molecule has 15 heavy (non-hydrogen) atoms. The topological polar surface area (TPSA) is 43.8 Å². The lowest BCUT2D eigenvalue weighted by Crippen LogP contribution is -2.15. The van der Waals surface area contributed by atoms with Gasteiger partial charge in [-0.15, -0.1) is 0 Å². The minimum atomic E-state index is 0.0841. The van der Waals surface area contributed by atoms with Crippen LogP contribution in [0.15, 0.2) is 12.5 Å². The second-order valence-electron chi connectivity index (χ2n) is 4.34. The lowest BCUT2D eigenvalue weighted by atomic mass is 10.2. The van der Waals surface area contributed by atoms with Gasteiger partial charge in [-0.1, -0.05) is 0 Å². The Kier molecular flexibility index (Phi) is 3.36. The zero-order valence-corrected chi connectivity index (χ0v) is 10.2. The minimum absolute atomic E-state index is 0.0841. The van der Waals surface area contributed by atoms with Crippen LogP contribution in [0.25, 0.3) is 0 Å². The molecule has 3 nitrogen and oxygen atoms in total. The molecule has 0 bridgehead atoms. The largest absolute Gasteiger partial charge is 0.330 e. The minimum Gasteiger partial charge on any atom is -0.330 e. The third-order valence-electron chi connectivity index (χ3n) is 3.25. The van der Waals surface area contributed by atoms with E-state index in [1.165, 1.54) is 25.0 Å². The van der Waals surface area contributed by atoms with E-state index in [2.05, 4.69) is 15.8 Å². The maximum atomic E-state index is 5.93. The Hall–Kier alpha value is -0.480. The lowest BCUT2D eigenvalue weighted by Gasteiger charge is -2.17. The summed E-state index contributed by atoms with van der Waals surface area (Å²) in [6.45, 7) is 2.02. The lowest BCUT2D eigenvalue weighted by molar-refractivity contribution is 0.489. The average Bonchev–Trinajstić information content (AvgIpc) is 2.85. The van der Waals surface area contributed by atoms with Gasteiger partial charge in [0.1, 0.15) is 0 Å². The average molecular weight is 225 g/mol. The molecule has 1 aliphatic carbocycles. The van der Waals surface area contributed by atoms with Crippen molar-refractivity contribution in [1.82, 2.24) is 9.55 Å². The Bertz CT molecular complexity index is 321. The molecule has 0 saturated heterocycles. The summed E-state index contributed by atoms with van der Waals surface area (Å²) >= 11 is 1.98. The normalized spacial score (nSPS) is 28.2. The van der Waals surface area contributed by atoms with Crippen molar-refractivity contribution in [2.24, 2.45) is 5.73 Å². The number of rotatable bonds is 3. The summed E-state index contributed by atoms with van der Waals surface area (Å²) in [5.74, 6) is 0. The van der Waals surface area contributed by atoms with Crippen LogP contribution in [0.4, 0.5) is 0 Å². The molecule has 84 valence electrons. The highest BCUT2D eigenvalue weighted by Crippen LogP contribution is 2.37. The molecule has 2 rings (SSSR count). The maximum absolute atomic E-state index is 5.93. The molecule has 0 radical (unpaired) electrons. The third-order valence-corrected chi connectivity index (χ3v) is 4.34. The van der Waals surface area contributed by atoms with E-state index in [1.54, 1.807) is 0 Å². The van der Waals surface area contributed by atoms with Gasteiger partial charge in [0.25, 0.3) is 0 Å². The summed E-state index contributed by atoms with van der Waals surface area (Å²) in [5, 5.41) is 0.818. The first-order valence-electron chi connectivity index (χ1n) is 5.52. The van der Waals surface area contributed by atoms with Gasteiger partial charge in [-0.2, -0.15) is 11.8 Å². The molecule has 0 spiro atoms. The van der Waals surface area contributed by atoms with Gasteiger partial charge in [-0.25, -0.2) is 4.98 Å². The van der Waals surface area contributed by atoms with Crippen molar-refractivity contribution in [2.75, 3.05) is 6.26 Å². The van der Waals surface area contributed by atoms with E-state index in [4.69, 9.17) is 5.73 Å². The van der Waals surface area contributed by atoms with Gasteiger partial charge in [-0.05, 0) is 32.4 Å². The molecule has 3 atom stereocenters. The number of imidazole rings is 1. The van der Waals surface area contributed by atoms with E-state index in [1.807, 2.05) is 31.2 Å². The van der Waals surface area contributed by atoms with Crippen molar-refractivity contribution in [3.63, 3.8) is 0 Å². The summed E-state index contributed by atoms with van der Waals surface area (Å²) in [5.41, 5.74) is 7.10. The number of nitrogens with zero attached hydrogens (tertiary/aromatic N) is 2. The van der Waals surface area contributed by atoms with E-state index >= 15 is 0 Å². The molecule has 1 heterocycles. The van der Waals surface area contributed by atoms with E-state index in [0.717, 1.165) is 5.25 Å². The van der Waals surface area contributed by atoms with Crippen molar-refractivity contribution in [3.8, 4) is 0 Å². The van der Waals surface area contributed by atoms with Gasteiger partial charge in [-0.3, -0.25) is 0 Å². The molecule has 1 aromatic rings. The van der Waals surface area contributed by atoms with Crippen LogP contribution in [0, 0.1) is 0 Å². The summed E-state index contributed by atoms with van der Waals surface area (Å²) in [6, 6.07) is 0.701. The Labute approximate surface area is 95.4 Å². The highest BCUT2D eigenvalue weighted by molar-refractivity contribution is 7.99. The zero-order valence-electron chi connectivity index (χ0n) is 9.39. The molecule has 0 aromatic carbocycles. The number of aromatic nitrogens is 2. The molecule has 0 amide bonds. The van der Waals surface area contributed by atoms with Crippen molar-refractivity contribution >= 4 is 11.8 Å². The van der Waals surface area contributed by atoms with Crippen LogP contribution in [0.5, 0.6) is 0 Å². The van der Waals surface area contributed by atoms with Crippen LogP contribution in [0.2, 0.25) is 0 Å². The van der Waals surface area contributed by atoms with E-state index in [0.29, 0.717) is 6.04 Å². The molecule has 0 aliphatic heterocycles. The SMILES string of the molecule is CSC1CCC(n2cncc2C(C)N)C1.